The summed E-state index contributed by atoms with van der Waals surface area (Å²) in [6.07, 6.45) is 3.52. The van der Waals surface area contributed by atoms with Crippen LogP contribution in [0.5, 0.6) is 11.5 Å². The van der Waals surface area contributed by atoms with Gasteiger partial charge < -0.3 is 14.8 Å². The average molecular weight is 276 g/mol. The van der Waals surface area contributed by atoms with E-state index in [0.717, 1.165) is 30.2 Å². The Kier molecular flexibility index (Phi) is 4.95. The van der Waals surface area contributed by atoms with Gasteiger partial charge in [0.15, 0.2) is 0 Å². The van der Waals surface area contributed by atoms with E-state index >= 15 is 0 Å². The van der Waals surface area contributed by atoms with Crippen molar-refractivity contribution < 1.29 is 9.47 Å². The van der Waals surface area contributed by atoms with Crippen molar-refractivity contribution in [1.82, 2.24) is 20.3 Å². The molecular formula is C14H20N4O2. The first-order valence-electron chi connectivity index (χ1n) is 6.54. The van der Waals surface area contributed by atoms with E-state index in [9.17, 15) is 0 Å². The van der Waals surface area contributed by atoms with Gasteiger partial charge in [-0.05, 0) is 13.0 Å². The van der Waals surface area contributed by atoms with Crippen LogP contribution < -0.4 is 14.8 Å². The zero-order valence-corrected chi connectivity index (χ0v) is 12.0. The van der Waals surface area contributed by atoms with Crippen molar-refractivity contribution in [3.63, 3.8) is 0 Å². The number of rotatable bonds is 7. The maximum Gasteiger partial charge on any atom is 0.127 e. The van der Waals surface area contributed by atoms with Gasteiger partial charge in [-0.1, -0.05) is 11.3 Å². The van der Waals surface area contributed by atoms with Crippen molar-refractivity contribution >= 4 is 0 Å². The number of nitrogens with zero attached hydrogens (tertiary/aromatic N) is 3. The van der Waals surface area contributed by atoms with Crippen LogP contribution in [0.4, 0.5) is 0 Å². The third kappa shape index (κ3) is 3.48. The van der Waals surface area contributed by atoms with Crippen molar-refractivity contribution in [2.24, 2.45) is 0 Å². The van der Waals surface area contributed by atoms with Crippen LogP contribution in [0.1, 0.15) is 18.5 Å². The van der Waals surface area contributed by atoms with E-state index in [1.165, 1.54) is 0 Å². The molecule has 0 aliphatic heterocycles. The van der Waals surface area contributed by atoms with Gasteiger partial charge in [-0.15, -0.1) is 5.10 Å². The highest BCUT2D eigenvalue weighted by Gasteiger charge is 2.11. The molecule has 0 saturated heterocycles. The zero-order valence-electron chi connectivity index (χ0n) is 12.0. The molecule has 0 bridgehead atoms. The van der Waals surface area contributed by atoms with Crippen LogP contribution in [0.25, 0.3) is 0 Å². The smallest absolute Gasteiger partial charge is 0.127 e. The molecule has 0 aliphatic rings. The summed E-state index contributed by atoms with van der Waals surface area (Å²) < 4.78 is 12.4. The molecule has 1 unspecified atom stereocenters. The molecule has 0 spiro atoms. The monoisotopic (exact) mass is 276 g/mol. The van der Waals surface area contributed by atoms with E-state index < -0.39 is 0 Å². The molecule has 1 heterocycles. The van der Waals surface area contributed by atoms with Crippen molar-refractivity contribution in [3.05, 3.63) is 36.2 Å². The summed E-state index contributed by atoms with van der Waals surface area (Å²) in [6, 6.07) is 6.03. The molecule has 6 heteroatoms. The molecule has 6 nitrogen and oxygen atoms in total. The van der Waals surface area contributed by atoms with Gasteiger partial charge in [0, 0.05) is 30.4 Å². The molecule has 2 aromatic rings. The summed E-state index contributed by atoms with van der Waals surface area (Å²) in [6.45, 7) is 3.69. The largest absolute Gasteiger partial charge is 0.497 e. The van der Waals surface area contributed by atoms with Gasteiger partial charge in [0.05, 0.1) is 27.0 Å². The quantitative estimate of drug-likeness (QED) is 0.833. The lowest BCUT2D eigenvalue weighted by Gasteiger charge is -2.18. The van der Waals surface area contributed by atoms with E-state index in [1.807, 2.05) is 24.4 Å². The Hall–Kier alpha value is -2.08. The summed E-state index contributed by atoms with van der Waals surface area (Å²) in [5.74, 6) is 1.62. The van der Waals surface area contributed by atoms with E-state index in [0.29, 0.717) is 0 Å². The van der Waals surface area contributed by atoms with E-state index in [4.69, 9.17) is 9.47 Å². The second-order valence-corrected chi connectivity index (χ2v) is 4.45. The molecule has 0 fully saturated rings. The molecule has 2 rings (SSSR count). The zero-order chi connectivity index (χ0) is 14.4. The van der Waals surface area contributed by atoms with Gasteiger partial charge in [0.1, 0.15) is 11.5 Å². The first-order valence-corrected chi connectivity index (χ1v) is 6.54. The lowest BCUT2D eigenvalue weighted by Crippen LogP contribution is -2.24. The third-order valence-corrected chi connectivity index (χ3v) is 3.17. The normalized spacial score (nSPS) is 12.2. The standard InChI is InChI=1S/C14H20N4O2/c1-11(15-6-8-18-9-7-16-17-18)13-5-4-12(19-2)10-14(13)20-3/h4-5,7,9-11,15H,6,8H2,1-3H3. The summed E-state index contributed by atoms with van der Waals surface area (Å²) in [5, 5.41) is 11.1. The number of hydrogen-bond acceptors (Lipinski definition) is 5. The molecule has 108 valence electrons. The molecule has 1 aromatic heterocycles. The molecule has 20 heavy (non-hydrogen) atoms. The number of hydrogen-bond donors (Lipinski definition) is 1. The Morgan fingerprint density at radius 3 is 2.80 bits per heavy atom. The fourth-order valence-corrected chi connectivity index (χ4v) is 2.03. The number of benzene rings is 1. The first-order chi connectivity index (χ1) is 9.74. The molecule has 1 atom stereocenters. The third-order valence-electron chi connectivity index (χ3n) is 3.17. The van der Waals surface area contributed by atoms with Crippen LogP contribution in [-0.2, 0) is 6.54 Å². The first kappa shape index (κ1) is 14.3. The van der Waals surface area contributed by atoms with Crippen molar-refractivity contribution in [1.29, 1.82) is 0 Å². The second-order valence-electron chi connectivity index (χ2n) is 4.45. The van der Waals surface area contributed by atoms with Crippen LogP contribution >= 0.6 is 0 Å². The Morgan fingerprint density at radius 2 is 2.15 bits per heavy atom. The molecule has 1 N–H and O–H groups in total. The fourth-order valence-electron chi connectivity index (χ4n) is 2.03. The molecular weight excluding hydrogens is 256 g/mol. The SMILES string of the molecule is COc1ccc(C(C)NCCn2ccnn2)c(OC)c1. The minimum atomic E-state index is 0.180. The summed E-state index contributed by atoms with van der Waals surface area (Å²) in [4.78, 5) is 0. The topological polar surface area (TPSA) is 61.2 Å². The van der Waals surface area contributed by atoms with Gasteiger partial charge in [-0.2, -0.15) is 0 Å². The van der Waals surface area contributed by atoms with Crippen LogP contribution in [0.15, 0.2) is 30.6 Å². The van der Waals surface area contributed by atoms with Crippen LogP contribution in [0.3, 0.4) is 0 Å². The molecule has 0 radical (unpaired) electrons. The number of nitrogens with one attached hydrogen (secondary N) is 1. The number of ether oxygens (including phenoxy) is 2. The van der Waals surface area contributed by atoms with Crippen molar-refractivity contribution in [3.8, 4) is 11.5 Å². The summed E-state index contributed by atoms with van der Waals surface area (Å²) in [5.41, 5.74) is 1.10. The minimum absolute atomic E-state index is 0.180. The van der Waals surface area contributed by atoms with E-state index in [1.54, 1.807) is 25.1 Å². The predicted molar refractivity (Wildman–Crippen MR) is 76.0 cm³/mol. The van der Waals surface area contributed by atoms with E-state index in [-0.39, 0.29) is 6.04 Å². The fraction of sp³-hybridized carbons (Fsp3) is 0.429. The van der Waals surface area contributed by atoms with Crippen molar-refractivity contribution in [2.45, 2.75) is 19.5 Å². The van der Waals surface area contributed by atoms with Gasteiger partial charge in [-0.3, -0.25) is 4.68 Å². The molecule has 0 amide bonds. The van der Waals surface area contributed by atoms with E-state index in [2.05, 4.69) is 22.6 Å². The Bertz CT molecular complexity index is 528. The molecule has 1 aromatic carbocycles. The Labute approximate surface area is 118 Å². The van der Waals surface area contributed by atoms with Crippen LogP contribution in [0.2, 0.25) is 0 Å². The summed E-state index contributed by atoms with van der Waals surface area (Å²) in [7, 11) is 3.31. The van der Waals surface area contributed by atoms with Gasteiger partial charge in [0.25, 0.3) is 0 Å². The van der Waals surface area contributed by atoms with Crippen LogP contribution in [-0.4, -0.2) is 35.8 Å². The highest BCUT2D eigenvalue weighted by atomic mass is 16.5. The average Bonchev–Trinajstić information content (AvgIpc) is 2.99. The Balaban J connectivity index is 1.95. The minimum Gasteiger partial charge on any atom is -0.497 e. The summed E-state index contributed by atoms with van der Waals surface area (Å²) >= 11 is 0. The maximum absolute atomic E-state index is 5.41. The number of aromatic nitrogens is 3. The highest BCUT2D eigenvalue weighted by molar-refractivity contribution is 5.42. The van der Waals surface area contributed by atoms with Crippen LogP contribution in [0, 0.1) is 0 Å². The van der Waals surface area contributed by atoms with Gasteiger partial charge in [0.2, 0.25) is 0 Å². The van der Waals surface area contributed by atoms with Crippen molar-refractivity contribution in [2.75, 3.05) is 20.8 Å². The Morgan fingerprint density at radius 1 is 1.30 bits per heavy atom. The van der Waals surface area contributed by atoms with Gasteiger partial charge in [-0.25, -0.2) is 0 Å². The second kappa shape index (κ2) is 6.91. The lowest BCUT2D eigenvalue weighted by atomic mass is 10.1. The highest BCUT2D eigenvalue weighted by Crippen LogP contribution is 2.29. The maximum atomic E-state index is 5.41. The lowest BCUT2D eigenvalue weighted by molar-refractivity contribution is 0.385. The predicted octanol–water partition coefficient (Wildman–Crippen LogP) is 1.65. The van der Waals surface area contributed by atoms with Gasteiger partial charge >= 0.3 is 0 Å². The number of methoxy groups -OCH3 is 2. The molecule has 0 aliphatic carbocycles. The molecule has 0 saturated carbocycles.